The molecule has 2 heterocycles. The van der Waals surface area contributed by atoms with Crippen molar-refractivity contribution in [2.45, 2.75) is 19.4 Å². The molecule has 0 atom stereocenters. The maximum absolute atomic E-state index is 11.5. The number of thiophene rings is 1. The number of carbonyl (C=O) groups is 2. The highest BCUT2D eigenvalue weighted by atomic mass is 32.1. The Hall–Kier alpha value is -1.56. The van der Waals surface area contributed by atoms with Gasteiger partial charge < -0.3 is 15.2 Å². The van der Waals surface area contributed by atoms with E-state index in [1.807, 2.05) is 0 Å². The average molecular weight is 227 g/mol. The van der Waals surface area contributed by atoms with Crippen LogP contribution in [0.3, 0.4) is 0 Å². The van der Waals surface area contributed by atoms with Crippen molar-refractivity contribution in [3.8, 4) is 5.06 Å². The fourth-order valence-electron chi connectivity index (χ4n) is 1.19. The first-order valence-electron chi connectivity index (χ1n) is 4.28. The third kappa shape index (κ3) is 1.56. The van der Waals surface area contributed by atoms with Crippen LogP contribution >= 0.6 is 11.3 Å². The van der Waals surface area contributed by atoms with Gasteiger partial charge in [-0.3, -0.25) is 4.79 Å². The summed E-state index contributed by atoms with van der Waals surface area (Å²) in [6.45, 7) is 3.26. The molecule has 0 unspecified atom stereocenters. The number of hydrogen-bond donors (Lipinski definition) is 2. The number of ether oxygens (including phenoxy) is 1. The second-order valence-corrected chi connectivity index (χ2v) is 4.70. The summed E-state index contributed by atoms with van der Waals surface area (Å²) < 4.78 is 5.41. The minimum absolute atomic E-state index is 0.151. The van der Waals surface area contributed by atoms with Crippen LogP contribution in [0.5, 0.6) is 5.06 Å². The van der Waals surface area contributed by atoms with E-state index in [0.29, 0.717) is 10.8 Å². The van der Waals surface area contributed by atoms with Crippen LogP contribution in [0, 0.1) is 0 Å². The molecular weight excluding hydrogens is 218 g/mol. The van der Waals surface area contributed by atoms with Crippen molar-refractivity contribution in [1.29, 1.82) is 0 Å². The van der Waals surface area contributed by atoms with Gasteiger partial charge in [0.1, 0.15) is 4.88 Å². The Morgan fingerprint density at radius 1 is 1.60 bits per heavy atom. The molecule has 80 valence electrons. The summed E-state index contributed by atoms with van der Waals surface area (Å²) in [5.74, 6) is -1.30. The van der Waals surface area contributed by atoms with Crippen LogP contribution in [0.2, 0.25) is 0 Å². The van der Waals surface area contributed by atoms with Crippen molar-refractivity contribution in [2.24, 2.45) is 0 Å². The van der Waals surface area contributed by atoms with E-state index >= 15 is 0 Å². The molecule has 0 aliphatic carbocycles. The molecule has 0 saturated carbocycles. The molecule has 1 aromatic rings. The van der Waals surface area contributed by atoms with Gasteiger partial charge >= 0.3 is 5.97 Å². The Kier molecular flexibility index (Phi) is 1.97. The Morgan fingerprint density at radius 3 is 2.87 bits per heavy atom. The SMILES string of the molecule is CC1(C)Oc2sc(C(=O)O)cc2NC1=O. The number of aromatic carboxylic acids is 1. The van der Waals surface area contributed by atoms with Crippen LogP contribution in [0.15, 0.2) is 6.07 Å². The van der Waals surface area contributed by atoms with Gasteiger partial charge in [-0.2, -0.15) is 0 Å². The summed E-state index contributed by atoms with van der Waals surface area (Å²) in [6.07, 6.45) is 0. The fourth-order valence-corrected chi connectivity index (χ4v) is 2.13. The molecule has 0 saturated heterocycles. The molecule has 15 heavy (non-hydrogen) atoms. The summed E-state index contributed by atoms with van der Waals surface area (Å²) in [5, 5.41) is 11.8. The predicted molar refractivity (Wildman–Crippen MR) is 54.6 cm³/mol. The highest BCUT2D eigenvalue weighted by molar-refractivity contribution is 7.16. The number of amides is 1. The molecule has 0 radical (unpaired) electrons. The van der Waals surface area contributed by atoms with Gasteiger partial charge in [0.25, 0.3) is 5.91 Å². The summed E-state index contributed by atoms with van der Waals surface area (Å²) >= 11 is 1.01. The minimum Gasteiger partial charge on any atom is -0.477 e. The first-order valence-corrected chi connectivity index (χ1v) is 5.09. The van der Waals surface area contributed by atoms with E-state index < -0.39 is 11.6 Å². The van der Waals surface area contributed by atoms with Crippen molar-refractivity contribution in [3.63, 3.8) is 0 Å². The van der Waals surface area contributed by atoms with Gasteiger partial charge in [-0.1, -0.05) is 11.3 Å². The zero-order chi connectivity index (χ0) is 11.2. The van der Waals surface area contributed by atoms with Crippen molar-refractivity contribution >= 4 is 28.9 Å². The second-order valence-electron chi connectivity index (χ2n) is 3.68. The lowest BCUT2D eigenvalue weighted by atomic mass is 10.1. The van der Waals surface area contributed by atoms with Crippen LogP contribution in [-0.2, 0) is 4.79 Å². The smallest absolute Gasteiger partial charge is 0.346 e. The Bertz CT molecular complexity index is 449. The van der Waals surface area contributed by atoms with E-state index in [9.17, 15) is 9.59 Å². The van der Waals surface area contributed by atoms with E-state index in [-0.39, 0.29) is 10.8 Å². The van der Waals surface area contributed by atoms with E-state index in [1.165, 1.54) is 6.07 Å². The van der Waals surface area contributed by atoms with Crippen molar-refractivity contribution in [1.82, 2.24) is 0 Å². The third-order valence-corrected chi connectivity index (χ3v) is 3.05. The van der Waals surface area contributed by atoms with E-state index in [2.05, 4.69) is 5.32 Å². The number of carboxylic acid groups (broad SMARTS) is 1. The topological polar surface area (TPSA) is 75.6 Å². The van der Waals surface area contributed by atoms with E-state index in [1.54, 1.807) is 13.8 Å². The lowest BCUT2D eigenvalue weighted by Gasteiger charge is -2.29. The number of hydrogen-bond acceptors (Lipinski definition) is 4. The minimum atomic E-state index is -1.02. The van der Waals surface area contributed by atoms with Crippen molar-refractivity contribution < 1.29 is 19.4 Å². The monoisotopic (exact) mass is 227 g/mol. The zero-order valence-electron chi connectivity index (χ0n) is 8.16. The molecule has 0 spiro atoms. The van der Waals surface area contributed by atoms with E-state index in [4.69, 9.17) is 9.84 Å². The Balaban J connectivity index is 2.42. The van der Waals surface area contributed by atoms with Crippen molar-refractivity contribution in [2.75, 3.05) is 5.32 Å². The number of anilines is 1. The van der Waals surface area contributed by atoms with Gasteiger partial charge in [0.15, 0.2) is 10.7 Å². The lowest BCUT2D eigenvalue weighted by Crippen LogP contribution is -2.45. The molecule has 2 N–H and O–H groups in total. The predicted octanol–water partition coefficient (Wildman–Crippen LogP) is 1.56. The fraction of sp³-hybridized carbons (Fsp3) is 0.333. The second kappa shape index (κ2) is 2.96. The molecule has 1 aliphatic rings. The van der Waals surface area contributed by atoms with Crippen LogP contribution in [0.25, 0.3) is 0 Å². The quantitative estimate of drug-likeness (QED) is 0.763. The maximum atomic E-state index is 11.5. The summed E-state index contributed by atoms with van der Waals surface area (Å²) in [4.78, 5) is 22.3. The molecule has 2 rings (SSSR count). The molecule has 1 aliphatic heterocycles. The number of fused-ring (bicyclic) bond motifs is 1. The Morgan fingerprint density at radius 2 is 2.27 bits per heavy atom. The van der Waals surface area contributed by atoms with Gasteiger partial charge in [0, 0.05) is 0 Å². The third-order valence-electron chi connectivity index (χ3n) is 2.05. The largest absolute Gasteiger partial charge is 0.477 e. The molecule has 0 fully saturated rings. The lowest BCUT2D eigenvalue weighted by molar-refractivity contribution is -0.129. The highest BCUT2D eigenvalue weighted by Gasteiger charge is 2.37. The van der Waals surface area contributed by atoms with E-state index in [0.717, 1.165) is 11.3 Å². The number of carboxylic acids is 1. The standard InChI is InChI=1S/C9H9NO4S/c1-9(2)8(13)10-4-3-5(6(11)12)15-7(4)14-9/h3H,1-2H3,(H,10,13)(H,11,12). The average Bonchev–Trinajstić information content (AvgIpc) is 2.47. The molecule has 0 aromatic carbocycles. The molecule has 0 bridgehead atoms. The van der Waals surface area contributed by atoms with Gasteiger partial charge in [-0.25, -0.2) is 4.79 Å². The van der Waals surface area contributed by atoms with Crippen LogP contribution < -0.4 is 10.1 Å². The van der Waals surface area contributed by atoms with Crippen molar-refractivity contribution in [3.05, 3.63) is 10.9 Å². The van der Waals surface area contributed by atoms with Gasteiger partial charge in [0.2, 0.25) is 0 Å². The normalized spacial score (nSPS) is 17.6. The highest BCUT2D eigenvalue weighted by Crippen LogP contribution is 2.40. The Labute approximate surface area is 89.7 Å². The molecular formula is C9H9NO4S. The maximum Gasteiger partial charge on any atom is 0.346 e. The molecule has 1 aromatic heterocycles. The molecule has 6 heteroatoms. The first kappa shape index (κ1) is 9.97. The number of carbonyl (C=O) groups excluding carboxylic acids is 1. The summed E-state index contributed by atoms with van der Waals surface area (Å²) in [6, 6.07) is 1.40. The summed E-state index contributed by atoms with van der Waals surface area (Å²) in [7, 11) is 0. The van der Waals surface area contributed by atoms with Crippen LogP contribution in [-0.4, -0.2) is 22.6 Å². The molecule has 5 nitrogen and oxygen atoms in total. The summed E-state index contributed by atoms with van der Waals surface area (Å²) in [5.41, 5.74) is -0.519. The first-order chi connectivity index (χ1) is 6.90. The van der Waals surface area contributed by atoms with Crippen LogP contribution in [0.4, 0.5) is 5.69 Å². The number of rotatable bonds is 1. The van der Waals surface area contributed by atoms with Gasteiger partial charge in [0.05, 0.1) is 5.69 Å². The van der Waals surface area contributed by atoms with Gasteiger partial charge in [-0.05, 0) is 19.9 Å². The van der Waals surface area contributed by atoms with Gasteiger partial charge in [-0.15, -0.1) is 0 Å². The number of nitrogens with one attached hydrogen (secondary N) is 1. The zero-order valence-corrected chi connectivity index (χ0v) is 8.97. The molecule has 1 amide bonds. The van der Waals surface area contributed by atoms with Crippen LogP contribution in [0.1, 0.15) is 23.5 Å².